The third kappa shape index (κ3) is 3.27. The molecule has 0 saturated carbocycles. The van der Waals surface area contributed by atoms with Gasteiger partial charge in [-0.1, -0.05) is 26.0 Å². The van der Waals surface area contributed by atoms with Gasteiger partial charge in [-0.2, -0.15) is 0 Å². The fourth-order valence-electron chi connectivity index (χ4n) is 1.42. The second-order valence-electron chi connectivity index (χ2n) is 3.50. The largest absolute Gasteiger partial charge is 0.480 e. The normalized spacial score (nSPS) is 12.1. The summed E-state index contributed by atoms with van der Waals surface area (Å²) < 4.78 is 0. The van der Waals surface area contributed by atoms with E-state index in [0.29, 0.717) is 6.42 Å². The molecule has 0 aliphatic rings. The van der Waals surface area contributed by atoms with Crippen LogP contribution in [0, 0.1) is 0 Å². The number of aryl methyl sites for hydroxylation is 1. The summed E-state index contributed by atoms with van der Waals surface area (Å²) in [6, 6.07) is 7.36. The first-order valence-corrected chi connectivity index (χ1v) is 5.25. The molecule has 15 heavy (non-hydrogen) atoms. The zero-order chi connectivity index (χ0) is 11.3. The molecular formula is C12H17NO2. The maximum Gasteiger partial charge on any atom is 0.326 e. The van der Waals surface area contributed by atoms with Gasteiger partial charge in [0.15, 0.2) is 0 Å². The average Bonchev–Trinajstić information content (AvgIpc) is 2.25. The Hall–Kier alpha value is -1.51. The van der Waals surface area contributed by atoms with Gasteiger partial charge in [0.05, 0.1) is 0 Å². The molecule has 0 spiro atoms. The highest BCUT2D eigenvalue weighted by Crippen LogP contribution is 2.13. The maximum absolute atomic E-state index is 10.8. The molecule has 3 nitrogen and oxygen atoms in total. The van der Waals surface area contributed by atoms with Crippen molar-refractivity contribution < 1.29 is 9.90 Å². The summed E-state index contributed by atoms with van der Waals surface area (Å²) in [4.78, 5) is 10.8. The smallest absolute Gasteiger partial charge is 0.326 e. The minimum absolute atomic E-state index is 0.503. The zero-order valence-electron chi connectivity index (χ0n) is 9.16. The Morgan fingerprint density at radius 3 is 2.73 bits per heavy atom. The second kappa shape index (κ2) is 5.39. The number of rotatable bonds is 5. The van der Waals surface area contributed by atoms with E-state index in [1.165, 1.54) is 5.56 Å². The van der Waals surface area contributed by atoms with E-state index in [9.17, 15) is 4.79 Å². The quantitative estimate of drug-likeness (QED) is 0.780. The van der Waals surface area contributed by atoms with Gasteiger partial charge in [0, 0.05) is 5.69 Å². The summed E-state index contributed by atoms with van der Waals surface area (Å²) in [5.74, 6) is -0.806. The number of carboxylic acid groups (broad SMARTS) is 1. The van der Waals surface area contributed by atoms with Crippen LogP contribution >= 0.6 is 0 Å². The lowest BCUT2D eigenvalue weighted by molar-refractivity contribution is -0.137. The SMILES string of the molecule is CCc1cccc(NC(CC)C(=O)O)c1. The average molecular weight is 207 g/mol. The van der Waals surface area contributed by atoms with Crippen LogP contribution in [0.5, 0.6) is 0 Å². The highest BCUT2D eigenvalue weighted by atomic mass is 16.4. The van der Waals surface area contributed by atoms with Gasteiger partial charge in [-0.15, -0.1) is 0 Å². The van der Waals surface area contributed by atoms with Crippen LogP contribution in [-0.2, 0) is 11.2 Å². The van der Waals surface area contributed by atoms with Crippen LogP contribution in [0.15, 0.2) is 24.3 Å². The number of carboxylic acids is 1. The third-order valence-electron chi connectivity index (χ3n) is 2.38. The van der Waals surface area contributed by atoms with Crippen LogP contribution < -0.4 is 5.32 Å². The first-order chi connectivity index (χ1) is 7.17. The molecule has 0 aliphatic heterocycles. The molecule has 0 amide bonds. The molecule has 82 valence electrons. The summed E-state index contributed by atoms with van der Waals surface area (Å²) in [5, 5.41) is 11.9. The van der Waals surface area contributed by atoms with Crippen molar-refractivity contribution in [2.45, 2.75) is 32.7 Å². The molecule has 0 fully saturated rings. The highest BCUT2D eigenvalue weighted by molar-refractivity contribution is 5.77. The van der Waals surface area contributed by atoms with Crippen LogP contribution in [0.1, 0.15) is 25.8 Å². The Bertz CT molecular complexity index is 336. The number of anilines is 1. The van der Waals surface area contributed by atoms with E-state index in [2.05, 4.69) is 12.2 Å². The van der Waals surface area contributed by atoms with Crippen molar-refractivity contribution in [3.63, 3.8) is 0 Å². The number of hydrogen-bond acceptors (Lipinski definition) is 2. The molecule has 1 unspecified atom stereocenters. The van der Waals surface area contributed by atoms with Crippen molar-refractivity contribution in [3.8, 4) is 0 Å². The predicted octanol–water partition coefficient (Wildman–Crippen LogP) is 2.52. The van der Waals surface area contributed by atoms with Crippen molar-refractivity contribution >= 4 is 11.7 Å². The van der Waals surface area contributed by atoms with E-state index in [1.54, 1.807) is 0 Å². The van der Waals surface area contributed by atoms with E-state index >= 15 is 0 Å². The van der Waals surface area contributed by atoms with Crippen LogP contribution in [0.3, 0.4) is 0 Å². The molecule has 1 aromatic carbocycles. The van der Waals surface area contributed by atoms with Crippen LogP contribution in [0.25, 0.3) is 0 Å². The minimum atomic E-state index is -0.806. The number of benzene rings is 1. The first-order valence-electron chi connectivity index (χ1n) is 5.25. The number of nitrogens with one attached hydrogen (secondary N) is 1. The summed E-state index contributed by atoms with van der Waals surface area (Å²) in [6.07, 6.45) is 1.53. The lowest BCUT2D eigenvalue weighted by Gasteiger charge is -2.14. The fourth-order valence-corrected chi connectivity index (χ4v) is 1.42. The molecule has 3 heteroatoms. The minimum Gasteiger partial charge on any atom is -0.480 e. The first kappa shape index (κ1) is 11.6. The number of carbonyl (C=O) groups is 1. The molecule has 0 bridgehead atoms. The lowest BCUT2D eigenvalue weighted by Crippen LogP contribution is -2.28. The molecule has 2 N–H and O–H groups in total. The molecule has 0 radical (unpaired) electrons. The van der Waals surface area contributed by atoms with E-state index < -0.39 is 12.0 Å². The van der Waals surface area contributed by atoms with Gasteiger partial charge in [0.2, 0.25) is 0 Å². The van der Waals surface area contributed by atoms with Gasteiger partial charge in [0.25, 0.3) is 0 Å². The highest BCUT2D eigenvalue weighted by Gasteiger charge is 2.13. The van der Waals surface area contributed by atoms with Crippen LogP contribution in [-0.4, -0.2) is 17.1 Å². The van der Waals surface area contributed by atoms with Crippen LogP contribution in [0.4, 0.5) is 5.69 Å². The van der Waals surface area contributed by atoms with Crippen molar-refractivity contribution in [2.75, 3.05) is 5.32 Å². The molecule has 0 saturated heterocycles. The van der Waals surface area contributed by atoms with Crippen molar-refractivity contribution in [1.29, 1.82) is 0 Å². The second-order valence-corrected chi connectivity index (χ2v) is 3.50. The van der Waals surface area contributed by atoms with Gasteiger partial charge in [-0.3, -0.25) is 0 Å². The Balaban J connectivity index is 2.74. The van der Waals surface area contributed by atoms with Gasteiger partial charge in [0.1, 0.15) is 6.04 Å². The van der Waals surface area contributed by atoms with E-state index in [0.717, 1.165) is 12.1 Å². The maximum atomic E-state index is 10.8. The Kier molecular flexibility index (Phi) is 4.16. The Morgan fingerprint density at radius 2 is 2.20 bits per heavy atom. The van der Waals surface area contributed by atoms with Gasteiger partial charge in [-0.25, -0.2) is 4.79 Å². The summed E-state index contributed by atoms with van der Waals surface area (Å²) in [5.41, 5.74) is 2.09. The van der Waals surface area contributed by atoms with E-state index in [-0.39, 0.29) is 0 Å². The Morgan fingerprint density at radius 1 is 1.47 bits per heavy atom. The summed E-state index contributed by atoms with van der Waals surface area (Å²) in [6.45, 7) is 3.93. The molecule has 1 aromatic rings. The number of hydrogen-bond donors (Lipinski definition) is 2. The van der Waals surface area contributed by atoms with Crippen LogP contribution in [0.2, 0.25) is 0 Å². The summed E-state index contributed by atoms with van der Waals surface area (Å²) in [7, 11) is 0. The molecule has 0 heterocycles. The lowest BCUT2D eigenvalue weighted by atomic mass is 10.1. The van der Waals surface area contributed by atoms with Crippen molar-refractivity contribution in [2.24, 2.45) is 0 Å². The topological polar surface area (TPSA) is 49.3 Å². The van der Waals surface area contributed by atoms with E-state index in [4.69, 9.17) is 5.11 Å². The van der Waals surface area contributed by atoms with Gasteiger partial charge < -0.3 is 10.4 Å². The molecule has 0 aromatic heterocycles. The predicted molar refractivity (Wildman–Crippen MR) is 61.2 cm³/mol. The Labute approximate surface area is 90.1 Å². The third-order valence-corrected chi connectivity index (χ3v) is 2.38. The molecule has 0 aliphatic carbocycles. The fraction of sp³-hybridized carbons (Fsp3) is 0.417. The van der Waals surface area contributed by atoms with E-state index in [1.807, 2.05) is 31.2 Å². The van der Waals surface area contributed by atoms with Gasteiger partial charge >= 0.3 is 5.97 Å². The zero-order valence-corrected chi connectivity index (χ0v) is 9.16. The van der Waals surface area contributed by atoms with Crippen molar-refractivity contribution in [1.82, 2.24) is 0 Å². The standard InChI is InChI=1S/C12H17NO2/c1-3-9-6-5-7-10(8-9)13-11(4-2)12(14)15/h5-8,11,13H,3-4H2,1-2H3,(H,14,15). The number of aliphatic carboxylic acids is 1. The van der Waals surface area contributed by atoms with Gasteiger partial charge in [-0.05, 0) is 30.5 Å². The molecule has 1 atom stereocenters. The van der Waals surface area contributed by atoms with Crippen molar-refractivity contribution in [3.05, 3.63) is 29.8 Å². The summed E-state index contributed by atoms with van der Waals surface area (Å²) >= 11 is 0. The monoisotopic (exact) mass is 207 g/mol. The molecule has 1 rings (SSSR count). The molecular weight excluding hydrogens is 190 g/mol.